The number of hydrogen-bond acceptors (Lipinski definition) is 6. The van der Waals surface area contributed by atoms with Gasteiger partial charge in [-0.05, 0) is 43.5 Å². The average Bonchev–Trinajstić information content (AvgIpc) is 3.18. The molecule has 0 bridgehead atoms. The van der Waals surface area contributed by atoms with Crippen LogP contribution in [0.15, 0.2) is 27.4 Å². The van der Waals surface area contributed by atoms with E-state index < -0.39 is 6.10 Å². The Morgan fingerprint density at radius 1 is 1.15 bits per heavy atom. The van der Waals surface area contributed by atoms with E-state index in [9.17, 15) is 9.90 Å². The number of fused-ring (bicyclic) bond motifs is 3. The molecule has 1 saturated heterocycles. The number of aryl methyl sites for hydroxylation is 1. The van der Waals surface area contributed by atoms with Gasteiger partial charge in [-0.25, -0.2) is 4.79 Å². The number of piperazine rings is 1. The summed E-state index contributed by atoms with van der Waals surface area (Å²) in [4.78, 5) is 16.8. The Bertz CT molecular complexity index is 855. The van der Waals surface area contributed by atoms with Crippen LogP contribution < -0.4 is 10.4 Å². The fourth-order valence-corrected chi connectivity index (χ4v) is 4.19. The van der Waals surface area contributed by atoms with E-state index in [1.165, 1.54) is 0 Å². The molecule has 0 spiro atoms. The van der Waals surface area contributed by atoms with Crippen LogP contribution in [0.2, 0.25) is 0 Å². The summed E-state index contributed by atoms with van der Waals surface area (Å²) in [5.41, 5.74) is 2.30. The third kappa shape index (κ3) is 4.03. The van der Waals surface area contributed by atoms with Crippen LogP contribution in [0.3, 0.4) is 0 Å². The summed E-state index contributed by atoms with van der Waals surface area (Å²) >= 11 is 0. The molecule has 146 valence electrons. The molecule has 6 heteroatoms. The lowest BCUT2D eigenvalue weighted by atomic mass is 10.1. The first-order chi connectivity index (χ1) is 13.1. The molecule has 4 rings (SSSR count). The SMILES string of the molecule is CCN1CCN(C[C@H](O)COc2ccc3c4c(c(=O)oc3c2)CCC4)CC1. The van der Waals surface area contributed by atoms with E-state index in [1.54, 1.807) is 6.07 Å². The van der Waals surface area contributed by atoms with E-state index in [0.29, 0.717) is 17.9 Å². The Hall–Kier alpha value is -1.89. The van der Waals surface area contributed by atoms with Gasteiger partial charge in [-0.15, -0.1) is 0 Å². The maximum absolute atomic E-state index is 12.1. The molecular formula is C21H28N2O4. The molecular weight excluding hydrogens is 344 g/mol. The van der Waals surface area contributed by atoms with Crippen molar-refractivity contribution in [2.24, 2.45) is 0 Å². The normalized spacial score (nSPS) is 19.3. The summed E-state index contributed by atoms with van der Waals surface area (Å²) in [6.07, 6.45) is 2.21. The minimum atomic E-state index is -0.541. The first-order valence-electron chi connectivity index (χ1n) is 9.98. The van der Waals surface area contributed by atoms with Gasteiger partial charge in [0.15, 0.2) is 0 Å². The summed E-state index contributed by atoms with van der Waals surface area (Å²) in [5, 5.41) is 11.3. The van der Waals surface area contributed by atoms with Crippen LogP contribution in [0.5, 0.6) is 5.75 Å². The van der Waals surface area contributed by atoms with Crippen LogP contribution in [0.25, 0.3) is 11.0 Å². The zero-order valence-electron chi connectivity index (χ0n) is 15.9. The Kier molecular flexibility index (Phi) is 5.48. The Balaban J connectivity index is 1.36. The highest BCUT2D eigenvalue weighted by Gasteiger charge is 2.21. The van der Waals surface area contributed by atoms with Gasteiger partial charge in [0.25, 0.3) is 0 Å². The maximum atomic E-state index is 12.1. The lowest BCUT2D eigenvalue weighted by Crippen LogP contribution is -2.49. The molecule has 1 fully saturated rings. The summed E-state index contributed by atoms with van der Waals surface area (Å²) in [7, 11) is 0. The molecule has 0 saturated carbocycles. The van der Waals surface area contributed by atoms with E-state index in [4.69, 9.17) is 9.15 Å². The third-order valence-electron chi connectivity index (χ3n) is 5.77. The number of aliphatic hydroxyl groups is 1. The van der Waals surface area contributed by atoms with Gasteiger partial charge < -0.3 is 19.2 Å². The molecule has 1 atom stereocenters. The average molecular weight is 372 g/mol. The Morgan fingerprint density at radius 2 is 1.89 bits per heavy atom. The second kappa shape index (κ2) is 8.00. The van der Waals surface area contributed by atoms with Gasteiger partial charge >= 0.3 is 5.63 Å². The Labute approximate surface area is 159 Å². The predicted octanol–water partition coefficient (Wildman–Crippen LogP) is 1.66. The molecule has 6 nitrogen and oxygen atoms in total. The molecule has 2 heterocycles. The Morgan fingerprint density at radius 3 is 2.67 bits per heavy atom. The topological polar surface area (TPSA) is 66.2 Å². The molecule has 27 heavy (non-hydrogen) atoms. The molecule has 0 amide bonds. The third-order valence-corrected chi connectivity index (χ3v) is 5.77. The van der Waals surface area contributed by atoms with Crippen LogP contribution in [0.4, 0.5) is 0 Å². The van der Waals surface area contributed by atoms with Crippen molar-refractivity contribution in [2.75, 3.05) is 45.9 Å². The zero-order chi connectivity index (χ0) is 18.8. The molecule has 1 N–H and O–H groups in total. The standard InChI is InChI=1S/C21H28N2O4/c1-2-22-8-10-23(11-9-22)13-15(24)14-26-16-6-7-18-17-4-3-5-19(17)21(25)27-20(18)12-16/h6-7,12,15,24H,2-5,8-11,13-14H2,1H3/t15-/m0/s1. The number of aliphatic hydroxyl groups excluding tert-OH is 1. The molecule has 0 radical (unpaired) electrons. The number of benzene rings is 1. The van der Waals surface area contributed by atoms with Gasteiger partial charge in [0.2, 0.25) is 0 Å². The molecule has 1 aliphatic heterocycles. The van der Waals surface area contributed by atoms with Crippen LogP contribution in [0.1, 0.15) is 24.5 Å². The summed E-state index contributed by atoms with van der Waals surface area (Å²) in [6.45, 7) is 8.19. The van der Waals surface area contributed by atoms with Crippen molar-refractivity contribution in [1.29, 1.82) is 0 Å². The first-order valence-corrected chi connectivity index (χ1v) is 9.98. The minimum Gasteiger partial charge on any atom is -0.491 e. The lowest BCUT2D eigenvalue weighted by Gasteiger charge is -2.34. The van der Waals surface area contributed by atoms with E-state index in [1.807, 2.05) is 12.1 Å². The highest BCUT2D eigenvalue weighted by molar-refractivity contribution is 5.83. The summed E-state index contributed by atoms with van der Waals surface area (Å²) in [6, 6.07) is 5.63. The number of rotatable bonds is 6. The second-order valence-electron chi connectivity index (χ2n) is 7.56. The van der Waals surface area contributed by atoms with Gasteiger partial charge in [0.1, 0.15) is 24.0 Å². The number of nitrogens with zero attached hydrogens (tertiary/aromatic N) is 2. The van der Waals surface area contributed by atoms with E-state index in [2.05, 4.69) is 16.7 Å². The molecule has 2 aromatic rings. The highest BCUT2D eigenvalue weighted by Crippen LogP contribution is 2.29. The fraction of sp³-hybridized carbons (Fsp3) is 0.571. The van der Waals surface area contributed by atoms with Gasteiger partial charge in [-0.3, -0.25) is 4.90 Å². The monoisotopic (exact) mass is 372 g/mol. The van der Waals surface area contributed by atoms with Crippen molar-refractivity contribution in [3.63, 3.8) is 0 Å². The van der Waals surface area contributed by atoms with Crippen molar-refractivity contribution in [3.8, 4) is 5.75 Å². The van der Waals surface area contributed by atoms with Crippen LogP contribution in [-0.2, 0) is 12.8 Å². The quantitative estimate of drug-likeness (QED) is 0.778. The van der Waals surface area contributed by atoms with E-state index in [-0.39, 0.29) is 12.2 Å². The highest BCUT2D eigenvalue weighted by atomic mass is 16.5. The predicted molar refractivity (Wildman–Crippen MR) is 105 cm³/mol. The first kappa shape index (κ1) is 18.5. The van der Waals surface area contributed by atoms with E-state index in [0.717, 1.165) is 68.5 Å². The van der Waals surface area contributed by atoms with Crippen LogP contribution in [0, 0.1) is 0 Å². The van der Waals surface area contributed by atoms with Crippen molar-refractivity contribution in [3.05, 3.63) is 39.7 Å². The summed E-state index contributed by atoms with van der Waals surface area (Å²) < 4.78 is 11.3. The fourth-order valence-electron chi connectivity index (χ4n) is 4.19. The molecule has 1 aromatic heterocycles. The number of β-amino-alcohol motifs (C(OH)–C–C–N with tert-alkyl or cyclic N) is 1. The largest absolute Gasteiger partial charge is 0.491 e. The van der Waals surface area contributed by atoms with Crippen molar-refractivity contribution < 1.29 is 14.3 Å². The van der Waals surface area contributed by atoms with Crippen molar-refractivity contribution >= 4 is 11.0 Å². The number of hydrogen-bond donors (Lipinski definition) is 1. The van der Waals surface area contributed by atoms with Gasteiger partial charge in [-0.1, -0.05) is 6.92 Å². The minimum absolute atomic E-state index is 0.224. The molecule has 2 aliphatic rings. The van der Waals surface area contributed by atoms with Gasteiger partial charge in [0, 0.05) is 49.7 Å². The maximum Gasteiger partial charge on any atom is 0.339 e. The number of likely N-dealkylation sites (N-methyl/N-ethyl adjacent to an activating group) is 1. The summed E-state index contributed by atoms with van der Waals surface area (Å²) in [5.74, 6) is 0.624. The molecule has 0 unspecified atom stereocenters. The lowest BCUT2D eigenvalue weighted by molar-refractivity contribution is 0.0471. The second-order valence-corrected chi connectivity index (χ2v) is 7.56. The van der Waals surface area contributed by atoms with Gasteiger partial charge in [-0.2, -0.15) is 0 Å². The number of ether oxygens (including phenoxy) is 1. The van der Waals surface area contributed by atoms with Crippen LogP contribution in [-0.4, -0.2) is 66.9 Å². The van der Waals surface area contributed by atoms with E-state index >= 15 is 0 Å². The molecule has 1 aromatic carbocycles. The van der Waals surface area contributed by atoms with Crippen molar-refractivity contribution in [1.82, 2.24) is 9.80 Å². The smallest absolute Gasteiger partial charge is 0.339 e. The molecule has 1 aliphatic carbocycles. The van der Waals surface area contributed by atoms with Crippen LogP contribution >= 0.6 is 0 Å². The zero-order valence-corrected chi connectivity index (χ0v) is 15.9. The van der Waals surface area contributed by atoms with Gasteiger partial charge in [0.05, 0.1) is 0 Å². The van der Waals surface area contributed by atoms with Crippen molar-refractivity contribution in [2.45, 2.75) is 32.3 Å².